The van der Waals surface area contributed by atoms with Crippen LogP contribution in [0.2, 0.25) is 17.3 Å². The first kappa shape index (κ1) is 47.7. The van der Waals surface area contributed by atoms with Gasteiger partial charge < -0.3 is 8.98 Å². The summed E-state index contributed by atoms with van der Waals surface area (Å²) in [6, 6.07) is 57.0. The second kappa shape index (κ2) is 19.3. The summed E-state index contributed by atoms with van der Waals surface area (Å²) in [4.78, 5) is 19.5. The molecule has 0 aliphatic heterocycles. The van der Waals surface area contributed by atoms with E-state index in [1.807, 2.05) is 61.7 Å². The second-order valence-corrected chi connectivity index (χ2v) is 30.4. The van der Waals surface area contributed by atoms with Crippen LogP contribution in [0.1, 0.15) is 36.4 Å². The van der Waals surface area contributed by atoms with Crippen LogP contribution in [0.5, 0.6) is 0 Å². The number of aryl methyl sites for hydroxylation is 3. The van der Waals surface area contributed by atoms with Crippen LogP contribution in [0.25, 0.3) is 106 Å². The van der Waals surface area contributed by atoms with Crippen molar-refractivity contribution in [2.45, 2.75) is 58.3 Å². The minimum Gasteiger partial charge on any atom is 0 e. The monoisotopic (exact) mass is 1170 g/mol. The third kappa shape index (κ3) is 9.05. The Morgan fingerprint density at radius 1 is 0.620 bits per heavy atom. The van der Waals surface area contributed by atoms with Gasteiger partial charge in [-0.1, -0.05) is 55.1 Å². The number of benzene rings is 6. The van der Waals surface area contributed by atoms with Gasteiger partial charge in [-0.2, -0.15) is 0 Å². The zero-order chi connectivity index (χ0) is 48.3. The zero-order valence-corrected chi connectivity index (χ0v) is 45.7. The molecule has 0 amide bonds. The van der Waals surface area contributed by atoms with Crippen molar-refractivity contribution in [1.29, 1.82) is 0 Å². The molecule has 353 valence electrons. The van der Waals surface area contributed by atoms with E-state index in [0.29, 0.717) is 11.6 Å². The van der Waals surface area contributed by atoms with Gasteiger partial charge in [0.25, 0.3) is 0 Å². The molecule has 6 heterocycles. The van der Waals surface area contributed by atoms with E-state index in [-0.39, 0.29) is 20.1 Å². The van der Waals surface area contributed by atoms with Crippen molar-refractivity contribution in [2.75, 3.05) is 0 Å². The number of pyridine rings is 3. The molecule has 0 saturated carbocycles. The molecule has 12 aromatic rings. The maximum absolute atomic E-state index is 6.50. The van der Waals surface area contributed by atoms with Gasteiger partial charge >= 0.3 is 174 Å². The van der Waals surface area contributed by atoms with Crippen LogP contribution in [-0.2, 0) is 26.5 Å². The van der Waals surface area contributed by atoms with Gasteiger partial charge in [0.1, 0.15) is 0 Å². The predicted octanol–water partition coefficient (Wildman–Crippen LogP) is 15.6. The van der Waals surface area contributed by atoms with Crippen LogP contribution in [-0.4, -0.2) is 37.8 Å². The summed E-state index contributed by atoms with van der Waals surface area (Å²) in [7, 11) is 0. The van der Waals surface area contributed by atoms with E-state index in [9.17, 15) is 0 Å². The maximum atomic E-state index is 6.50. The summed E-state index contributed by atoms with van der Waals surface area (Å²) in [5.41, 5.74) is 18.0. The summed E-state index contributed by atoms with van der Waals surface area (Å²) < 4.78 is 16.4. The average Bonchev–Trinajstić information content (AvgIpc) is 4.05. The van der Waals surface area contributed by atoms with Gasteiger partial charge in [0.2, 0.25) is 5.71 Å². The average molecular weight is 1160 g/mol. The Bertz CT molecular complexity index is 3900. The van der Waals surface area contributed by atoms with Crippen molar-refractivity contribution in [1.82, 2.24) is 24.5 Å². The Morgan fingerprint density at radius 2 is 1.37 bits per heavy atom. The molecule has 12 rings (SSSR count). The molecule has 0 spiro atoms. The van der Waals surface area contributed by atoms with E-state index >= 15 is 0 Å². The second-order valence-electron chi connectivity index (χ2n) is 19.8. The first-order valence-corrected chi connectivity index (χ1v) is 31.4. The van der Waals surface area contributed by atoms with Gasteiger partial charge in [0.15, 0.2) is 0 Å². The van der Waals surface area contributed by atoms with Crippen LogP contribution >= 0.6 is 0 Å². The number of aromatic nitrogens is 5. The molecule has 0 N–H and O–H groups in total. The minimum atomic E-state index is -2.18. The summed E-state index contributed by atoms with van der Waals surface area (Å²) in [6.45, 7) is 10.7. The van der Waals surface area contributed by atoms with Crippen molar-refractivity contribution in [2.24, 2.45) is 5.92 Å². The van der Waals surface area contributed by atoms with Gasteiger partial charge in [-0.05, 0) is 85.7 Å². The molecule has 0 bridgehead atoms. The van der Waals surface area contributed by atoms with E-state index in [4.69, 9.17) is 23.8 Å². The largest absolute Gasteiger partial charge is 0 e. The Labute approximate surface area is 430 Å². The van der Waals surface area contributed by atoms with E-state index in [1.54, 1.807) is 0 Å². The molecular formula is C62H53GeIrN5O2-2. The Morgan fingerprint density at radius 3 is 2.13 bits per heavy atom. The summed E-state index contributed by atoms with van der Waals surface area (Å²) in [5.74, 6) is 8.53. The molecule has 0 atom stereocenters. The first-order valence-electron chi connectivity index (χ1n) is 24.0. The number of furan rings is 2. The molecule has 6 aromatic heterocycles. The standard InChI is InChI=1S/C36H31N4O.C26H22GeNO.Ir/c1-21(2)16-27-14-15-29-28-12-9-13-30(34(28)41-36(29)38-27)35-39-31-19-24(5)37-20-32(31)40(35)33-22(3)17-26(18-23(33)4)25-10-7-6-8-11-25;1-27(2,3)23-17-28-24(18-10-5-4-6-11-18)16-22(23)21-14-9-13-20-19-12-7-8-15-25(19)29-26(20)21;/h6-12,14-15,17-21H,16H2,1-5H3;4-10,12-17H,1-3H3;/q2*-1;. The predicted molar refractivity (Wildman–Crippen MR) is 291 cm³/mol. The molecule has 7 nitrogen and oxygen atoms in total. The zero-order valence-electron chi connectivity index (χ0n) is 41.2. The number of nitrogens with zero attached hydrogens (tertiary/aromatic N) is 5. The van der Waals surface area contributed by atoms with Crippen LogP contribution in [0.4, 0.5) is 0 Å². The molecule has 9 heteroatoms. The molecule has 1 radical (unpaired) electrons. The van der Waals surface area contributed by atoms with Gasteiger partial charge in [-0.25, -0.2) is 4.98 Å². The number of imidazole rings is 1. The van der Waals surface area contributed by atoms with Crippen molar-refractivity contribution in [3.8, 4) is 50.6 Å². The smallest absolute Gasteiger partial charge is 0 e. The Kier molecular flexibility index (Phi) is 13.0. The third-order valence-corrected chi connectivity index (χ3v) is 17.3. The maximum Gasteiger partial charge on any atom is 0 e. The molecule has 0 aliphatic carbocycles. The number of hydrogen-bond acceptors (Lipinski definition) is 6. The molecule has 0 aliphatic rings. The van der Waals surface area contributed by atoms with E-state index in [0.717, 1.165) is 112 Å². The van der Waals surface area contributed by atoms with Crippen LogP contribution < -0.4 is 4.40 Å². The van der Waals surface area contributed by atoms with Crippen molar-refractivity contribution in [3.63, 3.8) is 0 Å². The van der Waals surface area contributed by atoms with Crippen molar-refractivity contribution < 1.29 is 28.9 Å². The molecular weight excluding hydrogens is 1110 g/mol. The summed E-state index contributed by atoms with van der Waals surface area (Å²) >= 11 is -2.18. The van der Waals surface area contributed by atoms with E-state index < -0.39 is 13.3 Å². The minimum absolute atomic E-state index is 0. The van der Waals surface area contributed by atoms with Gasteiger partial charge in [-0.3, -0.25) is 9.97 Å². The van der Waals surface area contributed by atoms with Crippen molar-refractivity contribution in [3.05, 3.63) is 193 Å². The first-order chi connectivity index (χ1) is 33.9. The van der Waals surface area contributed by atoms with Crippen molar-refractivity contribution >= 4 is 72.7 Å². The Balaban J connectivity index is 0.000000171. The normalized spacial score (nSPS) is 11.7. The molecule has 6 aromatic carbocycles. The van der Waals surface area contributed by atoms with Gasteiger partial charge in [0.05, 0.1) is 28.6 Å². The number of rotatable bonds is 8. The number of hydrogen-bond donors (Lipinski definition) is 0. The molecule has 0 fully saturated rings. The number of para-hydroxylation sites is 2. The SMILES string of the molecule is Cc1cc2nc(-c3[c-]ccc4c3oc3nc(CC(C)C)ccc34)n(-c3c(C)cc(-c4ccccc4)cc3C)c2cn1.[CH3][Ge]([CH3])([CH3])[c]1cnc(-c2[c-]cccc2)cc1-c1cccc2c1oc1ccccc12.[Ir]. The van der Waals surface area contributed by atoms with Crippen LogP contribution in [0.15, 0.2) is 167 Å². The fourth-order valence-corrected chi connectivity index (χ4v) is 12.9. The molecule has 0 saturated heterocycles. The summed E-state index contributed by atoms with van der Waals surface area (Å²) in [5, 5.41) is 4.34. The van der Waals surface area contributed by atoms with E-state index in [1.165, 1.54) is 21.1 Å². The van der Waals surface area contributed by atoms with Crippen LogP contribution in [0.3, 0.4) is 0 Å². The summed E-state index contributed by atoms with van der Waals surface area (Å²) in [6.07, 6.45) is 4.92. The van der Waals surface area contributed by atoms with E-state index in [2.05, 4.69) is 170 Å². The van der Waals surface area contributed by atoms with Gasteiger partial charge in [0, 0.05) is 42.6 Å². The molecule has 71 heavy (non-hydrogen) atoms. The Hall–Kier alpha value is -6.97. The fourth-order valence-electron chi connectivity index (χ4n) is 9.87. The van der Waals surface area contributed by atoms with Crippen LogP contribution in [0, 0.1) is 38.8 Å². The molecule has 0 unspecified atom stereocenters. The quantitative estimate of drug-likeness (QED) is 0.111. The topological polar surface area (TPSA) is 82.8 Å². The third-order valence-electron chi connectivity index (χ3n) is 13.1. The fraction of sp³-hybridized carbons (Fsp3) is 0.161. The van der Waals surface area contributed by atoms with Gasteiger partial charge in [-0.15, -0.1) is 18.2 Å². The number of fused-ring (bicyclic) bond motifs is 7.